The van der Waals surface area contributed by atoms with Crippen molar-refractivity contribution in [1.29, 1.82) is 0 Å². The van der Waals surface area contributed by atoms with Gasteiger partial charge in [-0.05, 0) is 48.2 Å². The predicted molar refractivity (Wildman–Crippen MR) is 114 cm³/mol. The van der Waals surface area contributed by atoms with Gasteiger partial charge >= 0.3 is 0 Å². The molecule has 1 saturated heterocycles. The number of methoxy groups -OCH3 is 1. The van der Waals surface area contributed by atoms with Crippen LogP contribution in [0.25, 0.3) is 0 Å². The summed E-state index contributed by atoms with van der Waals surface area (Å²) in [7, 11) is -2.13. The monoisotopic (exact) mass is 422 g/mol. The lowest BCUT2D eigenvalue weighted by Gasteiger charge is -2.36. The van der Waals surface area contributed by atoms with Crippen molar-refractivity contribution in [3.63, 3.8) is 0 Å². The maximum atomic E-state index is 13.4. The fraction of sp³-hybridized carbons (Fsp3) is 0.429. The lowest BCUT2D eigenvalue weighted by atomic mass is 9.98. The average Bonchev–Trinajstić information content (AvgIpc) is 2.67. The molecule has 1 aliphatic rings. The number of ether oxygens (including phenoxy) is 1. The van der Waals surface area contributed by atoms with E-state index in [4.69, 9.17) is 16.3 Å². The summed E-state index contributed by atoms with van der Waals surface area (Å²) in [5, 5.41) is 0.681. The normalized spacial score (nSPS) is 15.9. The standard InChI is InChI=1S/C21H27ClN2O3S/c1-15(2)17-14-21(20(27-4)13-16(17)3)28(25,26)24-11-9-23(10-12-24)19-8-6-5-7-18(19)22/h5-8,13-15H,9-12H2,1-4H3. The van der Waals surface area contributed by atoms with Crippen molar-refractivity contribution in [1.82, 2.24) is 4.31 Å². The quantitative estimate of drug-likeness (QED) is 0.721. The molecule has 0 aliphatic carbocycles. The number of benzene rings is 2. The SMILES string of the molecule is COc1cc(C)c(C(C)C)cc1S(=O)(=O)N1CCN(c2ccccc2Cl)CC1. The van der Waals surface area contributed by atoms with Crippen LogP contribution in [-0.4, -0.2) is 46.0 Å². The summed E-state index contributed by atoms with van der Waals surface area (Å²) in [6.07, 6.45) is 0. The van der Waals surface area contributed by atoms with E-state index in [1.54, 1.807) is 6.07 Å². The van der Waals surface area contributed by atoms with Gasteiger partial charge < -0.3 is 9.64 Å². The van der Waals surface area contributed by atoms with Crippen molar-refractivity contribution < 1.29 is 13.2 Å². The number of para-hydroxylation sites is 1. The first-order chi connectivity index (χ1) is 13.3. The Morgan fingerprint density at radius 1 is 1.07 bits per heavy atom. The third-order valence-electron chi connectivity index (χ3n) is 5.22. The number of sulfonamides is 1. The van der Waals surface area contributed by atoms with Crippen LogP contribution in [0.1, 0.15) is 30.9 Å². The van der Waals surface area contributed by atoms with Gasteiger partial charge in [0.1, 0.15) is 10.6 Å². The lowest BCUT2D eigenvalue weighted by Crippen LogP contribution is -2.48. The predicted octanol–water partition coefficient (Wildman–Crippen LogP) is 4.29. The van der Waals surface area contributed by atoms with Crippen molar-refractivity contribution in [3.05, 3.63) is 52.5 Å². The van der Waals surface area contributed by atoms with Crippen molar-refractivity contribution in [2.45, 2.75) is 31.6 Å². The van der Waals surface area contributed by atoms with Gasteiger partial charge in [0.25, 0.3) is 0 Å². The molecule has 0 N–H and O–H groups in total. The van der Waals surface area contributed by atoms with Gasteiger partial charge in [-0.25, -0.2) is 8.42 Å². The Morgan fingerprint density at radius 3 is 2.29 bits per heavy atom. The molecule has 1 heterocycles. The van der Waals surface area contributed by atoms with Crippen molar-refractivity contribution in [2.75, 3.05) is 38.2 Å². The van der Waals surface area contributed by atoms with E-state index >= 15 is 0 Å². The highest BCUT2D eigenvalue weighted by Crippen LogP contribution is 2.34. The zero-order chi connectivity index (χ0) is 20.5. The van der Waals surface area contributed by atoms with Gasteiger partial charge in [0, 0.05) is 26.2 Å². The average molecular weight is 423 g/mol. The Hall–Kier alpha value is -1.76. The van der Waals surface area contributed by atoms with Crippen LogP contribution < -0.4 is 9.64 Å². The molecule has 0 aromatic heterocycles. The third kappa shape index (κ3) is 4.00. The van der Waals surface area contributed by atoms with Gasteiger partial charge in [-0.2, -0.15) is 4.31 Å². The molecule has 0 unspecified atom stereocenters. The number of hydrogen-bond acceptors (Lipinski definition) is 4. The van der Waals surface area contributed by atoms with Gasteiger partial charge in [-0.3, -0.25) is 0 Å². The lowest BCUT2D eigenvalue weighted by molar-refractivity contribution is 0.374. The summed E-state index contributed by atoms with van der Waals surface area (Å²) in [4.78, 5) is 2.37. The van der Waals surface area contributed by atoms with Crippen molar-refractivity contribution in [3.8, 4) is 5.75 Å². The summed E-state index contributed by atoms with van der Waals surface area (Å²) in [6, 6.07) is 11.2. The van der Waals surface area contributed by atoms with Gasteiger partial charge in [-0.1, -0.05) is 37.6 Å². The molecule has 2 aromatic carbocycles. The number of aryl methyl sites for hydroxylation is 1. The molecule has 3 rings (SSSR count). The molecular formula is C21H27ClN2O3S. The summed E-state index contributed by atoms with van der Waals surface area (Å²) in [5.41, 5.74) is 3.00. The van der Waals surface area contributed by atoms with Crippen molar-refractivity contribution >= 4 is 27.3 Å². The number of hydrogen-bond donors (Lipinski definition) is 0. The van der Waals surface area contributed by atoms with Crippen LogP contribution in [0.2, 0.25) is 5.02 Å². The molecule has 0 saturated carbocycles. The molecule has 5 nitrogen and oxygen atoms in total. The third-order valence-corrected chi connectivity index (χ3v) is 7.46. The van der Waals surface area contributed by atoms with Crippen LogP contribution in [0.3, 0.4) is 0 Å². The van der Waals surface area contributed by atoms with Crippen LogP contribution in [0.15, 0.2) is 41.3 Å². The number of rotatable bonds is 5. The van der Waals surface area contributed by atoms with E-state index < -0.39 is 10.0 Å². The molecule has 0 radical (unpaired) electrons. The van der Waals surface area contributed by atoms with E-state index in [0.29, 0.717) is 37.0 Å². The minimum atomic E-state index is -3.64. The molecule has 28 heavy (non-hydrogen) atoms. The minimum Gasteiger partial charge on any atom is -0.495 e. The topological polar surface area (TPSA) is 49.9 Å². The van der Waals surface area contributed by atoms with E-state index in [1.165, 1.54) is 11.4 Å². The summed E-state index contributed by atoms with van der Waals surface area (Å²) < 4.78 is 33.7. The number of halogens is 1. The molecular weight excluding hydrogens is 396 g/mol. The maximum absolute atomic E-state index is 13.4. The van der Waals surface area contributed by atoms with E-state index in [9.17, 15) is 8.42 Å². The first-order valence-corrected chi connectivity index (χ1v) is 11.3. The molecule has 1 aliphatic heterocycles. The molecule has 152 valence electrons. The van der Waals surface area contributed by atoms with E-state index in [0.717, 1.165) is 16.8 Å². The number of anilines is 1. The Bertz CT molecular complexity index is 952. The second-order valence-electron chi connectivity index (χ2n) is 7.36. The Balaban J connectivity index is 1.87. The van der Waals surface area contributed by atoms with Crippen LogP contribution in [-0.2, 0) is 10.0 Å². The Morgan fingerprint density at radius 2 is 1.71 bits per heavy atom. The summed E-state index contributed by atoms with van der Waals surface area (Å²) in [5.74, 6) is 0.632. The molecule has 0 bridgehead atoms. The largest absolute Gasteiger partial charge is 0.495 e. The fourth-order valence-corrected chi connectivity index (χ4v) is 5.53. The second kappa shape index (κ2) is 8.31. The Kier molecular flexibility index (Phi) is 6.22. The van der Waals surface area contributed by atoms with E-state index in [2.05, 4.69) is 18.7 Å². The summed E-state index contributed by atoms with van der Waals surface area (Å²) >= 11 is 6.29. The van der Waals surface area contributed by atoms with Crippen LogP contribution in [0.4, 0.5) is 5.69 Å². The number of nitrogens with zero attached hydrogens (tertiary/aromatic N) is 2. The van der Waals surface area contributed by atoms with Crippen LogP contribution >= 0.6 is 11.6 Å². The van der Waals surface area contributed by atoms with Gasteiger partial charge in [0.15, 0.2) is 0 Å². The number of piperazine rings is 1. The highest BCUT2D eigenvalue weighted by atomic mass is 35.5. The van der Waals surface area contributed by atoms with Gasteiger partial charge in [0.05, 0.1) is 17.8 Å². The zero-order valence-electron chi connectivity index (χ0n) is 16.8. The minimum absolute atomic E-state index is 0.233. The van der Waals surface area contributed by atoms with Crippen LogP contribution in [0.5, 0.6) is 5.75 Å². The first-order valence-electron chi connectivity index (χ1n) is 9.44. The highest BCUT2D eigenvalue weighted by molar-refractivity contribution is 7.89. The van der Waals surface area contributed by atoms with Crippen LogP contribution in [0, 0.1) is 6.92 Å². The molecule has 1 fully saturated rings. The fourth-order valence-electron chi connectivity index (χ4n) is 3.68. The zero-order valence-corrected chi connectivity index (χ0v) is 18.3. The molecule has 0 amide bonds. The molecule has 2 aromatic rings. The molecule has 7 heteroatoms. The van der Waals surface area contributed by atoms with Gasteiger partial charge in [0.2, 0.25) is 10.0 Å². The first kappa shape index (κ1) is 21.0. The smallest absolute Gasteiger partial charge is 0.246 e. The van der Waals surface area contributed by atoms with E-state index in [1.807, 2.05) is 37.3 Å². The summed E-state index contributed by atoms with van der Waals surface area (Å²) in [6.45, 7) is 8.10. The highest BCUT2D eigenvalue weighted by Gasteiger charge is 2.32. The molecule has 0 spiro atoms. The Labute approximate surface area is 172 Å². The molecule has 0 atom stereocenters. The van der Waals surface area contributed by atoms with Crippen molar-refractivity contribution in [2.24, 2.45) is 0 Å². The van der Waals surface area contributed by atoms with E-state index in [-0.39, 0.29) is 10.8 Å². The maximum Gasteiger partial charge on any atom is 0.246 e. The van der Waals surface area contributed by atoms with Gasteiger partial charge in [-0.15, -0.1) is 0 Å². The second-order valence-corrected chi connectivity index (χ2v) is 9.67.